The lowest BCUT2D eigenvalue weighted by molar-refractivity contribution is -0.117. The van der Waals surface area contributed by atoms with Crippen molar-refractivity contribution in [2.24, 2.45) is 0 Å². The summed E-state index contributed by atoms with van der Waals surface area (Å²) in [5, 5.41) is 11.1. The smallest absolute Gasteiger partial charge is 0.278 e. The van der Waals surface area contributed by atoms with E-state index in [1.165, 1.54) is 26.4 Å². The summed E-state index contributed by atoms with van der Waals surface area (Å²) in [7, 11) is 2.91. The van der Waals surface area contributed by atoms with Gasteiger partial charge in [-0.25, -0.2) is 4.68 Å². The second kappa shape index (κ2) is 7.40. The van der Waals surface area contributed by atoms with Crippen LogP contribution in [0.5, 0.6) is 11.5 Å². The maximum Gasteiger partial charge on any atom is 0.278 e. The van der Waals surface area contributed by atoms with Crippen LogP contribution in [0, 0.1) is 0 Å². The number of benzene rings is 2. The Hall–Kier alpha value is -3.13. The monoisotopic (exact) mass is 374 g/mol. The number of nitrogens with zero attached hydrogens (tertiary/aromatic N) is 3. The molecule has 1 heterocycles. The number of fused-ring (bicyclic) bond motifs is 1. The van der Waals surface area contributed by atoms with E-state index in [1.807, 2.05) is 0 Å². The predicted octanol–water partition coefficient (Wildman–Crippen LogP) is 2.10. The quantitative estimate of drug-likeness (QED) is 0.734. The summed E-state index contributed by atoms with van der Waals surface area (Å²) in [5.41, 5.74) is 0.435. The van der Waals surface area contributed by atoms with Gasteiger partial charge in [-0.15, -0.1) is 5.10 Å². The van der Waals surface area contributed by atoms with Gasteiger partial charge in [0.05, 0.1) is 30.3 Å². The van der Waals surface area contributed by atoms with Gasteiger partial charge in [-0.3, -0.25) is 9.59 Å². The van der Waals surface area contributed by atoms with Crippen LogP contribution >= 0.6 is 11.6 Å². The maximum absolute atomic E-state index is 12.4. The van der Waals surface area contributed by atoms with Gasteiger partial charge in [-0.2, -0.15) is 0 Å². The molecule has 9 heteroatoms. The van der Waals surface area contributed by atoms with Crippen LogP contribution in [0.1, 0.15) is 0 Å². The topological polar surface area (TPSA) is 95.3 Å². The fraction of sp³-hybridized carbons (Fsp3) is 0.176. The standard InChI is InChI=1S/C17H15ClN4O4/c1-25-14-8-13(15(26-2)7-11(14)18)19-16(23)9-22-17(24)10-5-3-4-6-12(10)20-21-22/h3-8H,9H2,1-2H3,(H,19,23). The van der Waals surface area contributed by atoms with Gasteiger partial charge in [0, 0.05) is 12.1 Å². The fourth-order valence-corrected chi connectivity index (χ4v) is 2.64. The van der Waals surface area contributed by atoms with E-state index in [-0.39, 0.29) is 6.54 Å². The molecule has 0 bridgehead atoms. The zero-order chi connectivity index (χ0) is 18.7. The van der Waals surface area contributed by atoms with E-state index in [0.29, 0.717) is 33.1 Å². The first-order valence-electron chi connectivity index (χ1n) is 7.57. The normalized spacial score (nSPS) is 10.6. The Balaban J connectivity index is 1.86. The minimum absolute atomic E-state index is 0.301. The number of ether oxygens (including phenoxy) is 2. The number of methoxy groups -OCH3 is 2. The molecule has 0 saturated heterocycles. The van der Waals surface area contributed by atoms with Crippen LogP contribution in [-0.2, 0) is 11.3 Å². The van der Waals surface area contributed by atoms with Crippen LogP contribution in [0.4, 0.5) is 5.69 Å². The fourth-order valence-electron chi connectivity index (χ4n) is 2.41. The summed E-state index contributed by atoms with van der Waals surface area (Å²) in [6.07, 6.45) is 0. The zero-order valence-electron chi connectivity index (χ0n) is 14.0. The summed E-state index contributed by atoms with van der Waals surface area (Å²) in [6.45, 7) is -0.301. The Morgan fingerprint density at radius 3 is 2.65 bits per heavy atom. The van der Waals surface area contributed by atoms with Crippen molar-refractivity contribution < 1.29 is 14.3 Å². The summed E-state index contributed by atoms with van der Waals surface area (Å²) < 4.78 is 11.3. The third-order valence-electron chi connectivity index (χ3n) is 3.67. The lowest BCUT2D eigenvalue weighted by Crippen LogP contribution is -2.30. The van der Waals surface area contributed by atoms with Crippen LogP contribution in [0.2, 0.25) is 5.02 Å². The highest BCUT2D eigenvalue weighted by Crippen LogP contribution is 2.35. The highest BCUT2D eigenvalue weighted by atomic mass is 35.5. The molecule has 1 N–H and O–H groups in total. The number of nitrogens with one attached hydrogen (secondary N) is 1. The molecule has 26 heavy (non-hydrogen) atoms. The number of anilines is 1. The van der Waals surface area contributed by atoms with Crippen LogP contribution in [0.25, 0.3) is 10.9 Å². The van der Waals surface area contributed by atoms with Crippen molar-refractivity contribution in [1.82, 2.24) is 15.0 Å². The number of halogens is 1. The Labute approximate surface area is 153 Å². The van der Waals surface area contributed by atoms with E-state index in [0.717, 1.165) is 4.68 Å². The van der Waals surface area contributed by atoms with E-state index >= 15 is 0 Å². The molecule has 0 atom stereocenters. The molecule has 3 aromatic rings. The van der Waals surface area contributed by atoms with Crippen molar-refractivity contribution in [3.8, 4) is 11.5 Å². The molecular formula is C17H15ClN4O4. The molecule has 0 radical (unpaired) electrons. The lowest BCUT2D eigenvalue weighted by Gasteiger charge is -2.13. The lowest BCUT2D eigenvalue weighted by atomic mass is 10.2. The summed E-state index contributed by atoms with van der Waals surface area (Å²) in [4.78, 5) is 24.8. The average molecular weight is 375 g/mol. The summed E-state index contributed by atoms with van der Waals surface area (Å²) >= 11 is 6.04. The third kappa shape index (κ3) is 3.45. The molecule has 0 aliphatic heterocycles. The second-order valence-corrected chi connectivity index (χ2v) is 5.71. The SMILES string of the molecule is COc1cc(NC(=O)Cn2nnc3ccccc3c2=O)c(OC)cc1Cl. The maximum atomic E-state index is 12.4. The molecule has 3 rings (SSSR count). The predicted molar refractivity (Wildman–Crippen MR) is 97.0 cm³/mol. The molecule has 134 valence electrons. The van der Waals surface area contributed by atoms with Gasteiger partial charge in [0.15, 0.2) is 0 Å². The van der Waals surface area contributed by atoms with Crippen molar-refractivity contribution in [3.05, 3.63) is 51.8 Å². The largest absolute Gasteiger partial charge is 0.495 e. The molecule has 0 spiro atoms. The second-order valence-electron chi connectivity index (χ2n) is 5.30. The van der Waals surface area contributed by atoms with Gasteiger partial charge in [0.25, 0.3) is 5.56 Å². The molecule has 0 fully saturated rings. The number of amides is 1. The van der Waals surface area contributed by atoms with Crippen LogP contribution in [-0.4, -0.2) is 35.1 Å². The van der Waals surface area contributed by atoms with Crippen molar-refractivity contribution in [1.29, 1.82) is 0 Å². The number of hydrogen-bond donors (Lipinski definition) is 1. The van der Waals surface area contributed by atoms with Crippen LogP contribution < -0.4 is 20.3 Å². The summed E-state index contributed by atoms with van der Waals surface area (Å²) in [5.74, 6) is 0.269. The van der Waals surface area contributed by atoms with Crippen molar-refractivity contribution >= 4 is 34.1 Å². The van der Waals surface area contributed by atoms with Gasteiger partial charge in [-0.1, -0.05) is 28.9 Å². The molecule has 1 amide bonds. The third-order valence-corrected chi connectivity index (χ3v) is 3.97. The molecule has 0 saturated carbocycles. The van der Waals surface area contributed by atoms with Gasteiger partial charge in [0.2, 0.25) is 5.91 Å². The first kappa shape index (κ1) is 17.7. The van der Waals surface area contributed by atoms with E-state index in [1.54, 1.807) is 24.3 Å². The number of aromatic nitrogens is 3. The number of rotatable bonds is 5. The minimum atomic E-state index is -0.473. The Morgan fingerprint density at radius 2 is 1.92 bits per heavy atom. The van der Waals surface area contributed by atoms with Gasteiger partial charge < -0.3 is 14.8 Å². The van der Waals surface area contributed by atoms with E-state index < -0.39 is 11.5 Å². The molecule has 2 aromatic carbocycles. The average Bonchev–Trinajstić information content (AvgIpc) is 2.65. The summed E-state index contributed by atoms with van der Waals surface area (Å²) in [6, 6.07) is 9.85. The highest BCUT2D eigenvalue weighted by molar-refractivity contribution is 6.32. The molecule has 8 nitrogen and oxygen atoms in total. The van der Waals surface area contributed by atoms with E-state index in [2.05, 4.69) is 15.6 Å². The first-order chi connectivity index (χ1) is 12.5. The highest BCUT2D eigenvalue weighted by Gasteiger charge is 2.14. The van der Waals surface area contributed by atoms with Crippen molar-refractivity contribution in [2.75, 3.05) is 19.5 Å². The number of carbonyl (C=O) groups excluding carboxylic acids is 1. The van der Waals surface area contributed by atoms with Crippen LogP contribution in [0.3, 0.4) is 0 Å². The van der Waals surface area contributed by atoms with E-state index in [4.69, 9.17) is 21.1 Å². The van der Waals surface area contributed by atoms with Gasteiger partial charge in [-0.05, 0) is 12.1 Å². The Bertz CT molecular complexity index is 1030. The van der Waals surface area contributed by atoms with Crippen molar-refractivity contribution in [2.45, 2.75) is 6.54 Å². The minimum Gasteiger partial charge on any atom is -0.495 e. The zero-order valence-corrected chi connectivity index (χ0v) is 14.8. The Kier molecular flexibility index (Phi) is 5.04. The Morgan fingerprint density at radius 1 is 1.19 bits per heavy atom. The molecule has 0 aliphatic carbocycles. The van der Waals surface area contributed by atoms with E-state index in [9.17, 15) is 9.59 Å². The van der Waals surface area contributed by atoms with Crippen molar-refractivity contribution in [3.63, 3.8) is 0 Å². The van der Waals surface area contributed by atoms with Gasteiger partial charge >= 0.3 is 0 Å². The number of hydrogen-bond acceptors (Lipinski definition) is 6. The van der Waals surface area contributed by atoms with Gasteiger partial charge in [0.1, 0.15) is 23.6 Å². The molecule has 1 aromatic heterocycles. The molecule has 0 aliphatic rings. The number of carbonyl (C=O) groups is 1. The molecular weight excluding hydrogens is 360 g/mol. The molecule has 0 unspecified atom stereocenters. The first-order valence-corrected chi connectivity index (χ1v) is 7.95. The van der Waals surface area contributed by atoms with Crippen LogP contribution in [0.15, 0.2) is 41.2 Å².